The molecule has 0 radical (unpaired) electrons. The zero-order valence-corrected chi connectivity index (χ0v) is 26.2. The summed E-state index contributed by atoms with van der Waals surface area (Å²) in [4.78, 5) is 35.7. The Morgan fingerprint density at radius 1 is 0.571 bits per heavy atom. The molecule has 3 aromatic carbocycles. The van der Waals surface area contributed by atoms with Crippen LogP contribution in [-0.2, 0) is 10.8 Å². The smallest absolute Gasteiger partial charge is 0.258 e. The minimum absolute atomic E-state index is 0.0691. The van der Waals surface area contributed by atoms with E-state index in [-0.39, 0.29) is 22.0 Å². The highest BCUT2D eigenvalue weighted by Crippen LogP contribution is 2.30. The van der Waals surface area contributed by atoms with Gasteiger partial charge >= 0.3 is 0 Å². The number of aromatic nitrogens is 2. The Morgan fingerprint density at radius 3 is 1.26 bits per heavy atom. The second kappa shape index (κ2) is 11.6. The number of hydrogen-bond acceptors (Lipinski definition) is 6. The maximum absolute atomic E-state index is 13.2. The van der Waals surface area contributed by atoms with Gasteiger partial charge < -0.3 is 0 Å². The van der Waals surface area contributed by atoms with E-state index in [2.05, 4.69) is 86.4 Å². The van der Waals surface area contributed by atoms with Crippen molar-refractivity contribution in [3.05, 3.63) is 106 Å². The first kappa shape index (κ1) is 29.4. The number of anilines is 2. The largest absolute Gasteiger partial charge is 0.298 e. The van der Waals surface area contributed by atoms with E-state index in [9.17, 15) is 9.59 Å². The lowest BCUT2D eigenvalue weighted by molar-refractivity contribution is 0.0990. The summed E-state index contributed by atoms with van der Waals surface area (Å²) < 4.78 is 0. The number of hydrogen-bond donors (Lipinski definition) is 2. The highest BCUT2D eigenvalue weighted by molar-refractivity contribution is 7.14. The monoisotopic (exact) mass is 594 g/mol. The first-order chi connectivity index (χ1) is 19.9. The van der Waals surface area contributed by atoms with Crippen LogP contribution in [0, 0.1) is 0 Å². The van der Waals surface area contributed by atoms with Gasteiger partial charge in [0.05, 0.1) is 22.5 Å². The van der Waals surface area contributed by atoms with Crippen molar-refractivity contribution in [3.63, 3.8) is 0 Å². The Morgan fingerprint density at radius 2 is 0.929 bits per heavy atom. The van der Waals surface area contributed by atoms with Crippen molar-refractivity contribution < 1.29 is 9.59 Å². The normalized spacial score (nSPS) is 11.8. The molecule has 2 aromatic heterocycles. The predicted molar refractivity (Wildman–Crippen MR) is 175 cm³/mol. The zero-order valence-electron chi connectivity index (χ0n) is 24.6. The maximum Gasteiger partial charge on any atom is 0.258 e. The van der Waals surface area contributed by atoms with Crippen LogP contribution >= 0.6 is 22.7 Å². The average Bonchev–Trinajstić information content (AvgIpc) is 3.62. The molecule has 6 nitrogen and oxygen atoms in total. The van der Waals surface area contributed by atoms with E-state index in [0.29, 0.717) is 10.3 Å². The molecular formula is C34H34N4O2S2. The summed E-state index contributed by atoms with van der Waals surface area (Å²) in [5.74, 6) is -0.799. The molecule has 0 unspecified atom stereocenters. The van der Waals surface area contributed by atoms with Gasteiger partial charge in [-0.15, -0.1) is 22.7 Å². The number of thiazole rings is 2. The van der Waals surface area contributed by atoms with Crippen molar-refractivity contribution in [1.29, 1.82) is 0 Å². The van der Waals surface area contributed by atoms with Crippen LogP contribution in [0.2, 0.25) is 0 Å². The second-order valence-electron chi connectivity index (χ2n) is 12.2. The van der Waals surface area contributed by atoms with E-state index in [1.165, 1.54) is 33.8 Å². The second-order valence-corrected chi connectivity index (χ2v) is 13.9. The molecule has 0 bridgehead atoms. The summed E-state index contributed by atoms with van der Waals surface area (Å²) in [7, 11) is 0. The third kappa shape index (κ3) is 6.66. The number of amides is 2. The average molecular weight is 595 g/mol. The molecule has 5 rings (SSSR count). The van der Waals surface area contributed by atoms with Gasteiger partial charge in [0.1, 0.15) is 0 Å². The minimum Gasteiger partial charge on any atom is -0.298 e. The van der Waals surface area contributed by atoms with Crippen molar-refractivity contribution in [2.75, 3.05) is 10.6 Å². The van der Waals surface area contributed by atoms with E-state index in [0.717, 1.165) is 22.5 Å². The highest BCUT2D eigenvalue weighted by Gasteiger charge is 2.20. The molecule has 0 aliphatic rings. The first-order valence-electron chi connectivity index (χ1n) is 13.7. The van der Waals surface area contributed by atoms with Crippen LogP contribution < -0.4 is 10.6 Å². The van der Waals surface area contributed by atoms with Gasteiger partial charge in [-0.05, 0) is 34.1 Å². The van der Waals surface area contributed by atoms with Crippen LogP contribution in [0.5, 0.6) is 0 Å². The van der Waals surface area contributed by atoms with E-state index >= 15 is 0 Å². The van der Waals surface area contributed by atoms with Crippen molar-refractivity contribution in [1.82, 2.24) is 9.97 Å². The molecule has 2 heterocycles. The molecule has 8 heteroatoms. The summed E-state index contributed by atoms with van der Waals surface area (Å²) >= 11 is 2.69. The lowest BCUT2D eigenvalue weighted by Crippen LogP contribution is -2.20. The first-order valence-corrected chi connectivity index (χ1v) is 15.5. The molecule has 214 valence electrons. The van der Waals surface area contributed by atoms with Gasteiger partial charge in [0.25, 0.3) is 11.8 Å². The van der Waals surface area contributed by atoms with E-state index in [1.54, 1.807) is 24.3 Å². The molecule has 0 atom stereocenters. The quantitative estimate of drug-likeness (QED) is 0.205. The zero-order chi connectivity index (χ0) is 30.1. The fourth-order valence-electron chi connectivity index (χ4n) is 4.42. The third-order valence-electron chi connectivity index (χ3n) is 6.96. The van der Waals surface area contributed by atoms with Crippen molar-refractivity contribution >= 4 is 44.8 Å². The molecule has 0 saturated carbocycles. The summed E-state index contributed by atoms with van der Waals surface area (Å²) in [5, 5.41) is 10.5. The maximum atomic E-state index is 13.2. The number of carbonyl (C=O) groups excluding carboxylic acids is 2. The van der Waals surface area contributed by atoms with Crippen LogP contribution in [0.25, 0.3) is 22.5 Å². The topological polar surface area (TPSA) is 84.0 Å². The molecule has 0 spiro atoms. The predicted octanol–water partition coefficient (Wildman–Crippen LogP) is 9.03. The Balaban J connectivity index is 1.27. The van der Waals surface area contributed by atoms with Crippen molar-refractivity contribution in [3.8, 4) is 22.5 Å². The summed E-state index contributed by atoms with van der Waals surface area (Å²) in [6.07, 6.45) is 0. The Bertz CT molecular complexity index is 1590. The Hall–Kier alpha value is -4.14. The van der Waals surface area contributed by atoms with Crippen molar-refractivity contribution in [2.24, 2.45) is 0 Å². The van der Waals surface area contributed by atoms with Gasteiger partial charge in [-0.2, -0.15) is 0 Å². The molecule has 0 aliphatic heterocycles. The van der Waals surface area contributed by atoms with Crippen LogP contribution in [0.1, 0.15) is 73.4 Å². The van der Waals surface area contributed by atoms with Crippen LogP contribution in [0.15, 0.2) is 83.6 Å². The molecule has 2 N–H and O–H groups in total. The fraction of sp³-hybridized carbons (Fsp3) is 0.235. The van der Waals surface area contributed by atoms with E-state index in [4.69, 9.17) is 0 Å². The van der Waals surface area contributed by atoms with Gasteiger partial charge in [-0.3, -0.25) is 20.2 Å². The minimum atomic E-state index is -0.400. The SMILES string of the molecule is CC(C)(C)c1ccc(-c2csc(NC(=O)c3ccccc3C(=O)Nc3nc(-c4ccc(C(C)(C)C)cc4)cs3)n2)cc1. The van der Waals surface area contributed by atoms with Crippen LogP contribution in [0.4, 0.5) is 10.3 Å². The lowest BCUT2D eigenvalue weighted by Gasteiger charge is -2.18. The van der Waals surface area contributed by atoms with E-state index < -0.39 is 11.8 Å². The third-order valence-corrected chi connectivity index (χ3v) is 8.47. The number of benzene rings is 3. The number of nitrogens with one attached hydrogen (secondary N) is 2. The molecule has 42 heavy (non-hydrogen) atoms. The number of rotatable bonds is 6. The Kier molecular flexibility index (Phi) is 8.12. The summed E-state index contributed by atoms with van der Waals surface area (Å²) in [5.41, 5.74) is 6.68. The highest BCUT2D eigenvalue weighted by atomic mass is 32.1. The summed E-state index contributed by atoms with van der Waals surface area (Å²) in [6.45, 7) is 13.1. The molecule has 5 aromatic rings. The molecule has 0 aliphatic carbocycles. The van der Waals surface area contributed by atoms with Gasteiger partial charge in [-0.25, -0.2) is 9.97 Å². The molecule has 0 saturated heterocycles. The molecular weight excluding hydrogens is 561 g/mol. The summed E-state index contributed by atoms with van der Waals surface area (Å²) in [6, 6.07) is 23.4. The fourth-order valence-corrected chi connectivity index (χ4v) is 5.85. The van der Waals surface area contributed by atoms with Crippen LogP contribution in [0.3, 0.4) is 0 Å². The van der Waals surface area contributed by atoms with E-state index in [1.807, 2.05) is 35.0 Å². The molecule has 2 amide bonds. The molecule has 0 fully saturated rings. The van der Waals surface area contributed by atoms with Gasteiger partial charge in [0.2, 0.25) is 0 Å². The lowest BCUT2D eigenvalue weighted by atomic mass is 9.86. The van der Waals surface area contributed by atoms with Gasteiger partial charge in [-0.1, -0.05) is 102 Å². The number of nitrogens with zero attached hydrogens (tertiary/aromatic N) is 2. The van der Waals surface area contributed by atoms with Gasteiger partial charge in [0, 0.05) is 21.9 Å². The Labute approximate surface area is 254 Å². The standard InChI is InChI=1S/C34H34N4O2S2/c1-33(2,3)23-15-11-21(12-16-23)27-19-41-31(35-27)37-29(39)25-9-7-8-10-26(25)30(40)38-32-36-28(20-42-32)22-13-17-24(18-14-22)34(4,5)6/h7-20H,1-6H3,(H,35,37,39)(H,36,38,40). The van der Waals surface area contributed by atoms with Gasteiger partial charge in [0.15, 0.2) is 10.3 Å². The number of carbonyl (C=O) groups is 2. The van der Waals surface area contributed by atoms with Crippen molar-refractivity contribution in [2.45, 2.75) is 52.4 Å². The van der Waals surface area contributed by atoms with Crippen LogP contribution in [-0.4, -0.2) is 21.8 Å².